The van der Waals surface area contributed by atoms with E-state index in [2.05, 4.69) is 10.7 Å². The third-order valence-corrected chi connectivity index (χ3v) is 9.49. The van der Waals surface area contributed by atoms with Crippen molar-refractivity contribution in [3.63, 3.8) is 0 Å². The molecule has 13 heteroatoms. The minimum Gasteiger partial charge on any atom is -0.454 e. The molecule has 3 aromatic carbocycles. The van der Waals surface area contributed by atoms with Crippen molar-refractivity contribution in [1.82, 2.24) is 20.1 Å². The van der Waals surface area contributed by atoms with E-state index in [0.717, 1.165) is 11.1 Å². The highest BCUT2D eigenvalue weighted by Crippen LogP contribution is 2.35. The molecule has 1 aliphatic rings. The lowest BCUT2D eigenvalue weighted by Crippen LogP contribution is -2.60. The number of nitrogens with zero attached hydrogens (tertiary/aromatic N) is 2. The van der Waals surface area contributed by atoms with Gasteiger partial charge < -0.3 is 19.9 Å². The summed E-state index contributed by atoms with van der Waals surface area (Å²) in [7, 11) is -4.12. The van der Waals surface area contributed by atoms with Crippen LogP contribution < -0.4 is 20.2 Å². The first kappa shape index (κ1) is 39.8. The molecule has 0 saturated carbocycles. The average molecular weight is 717 g/mol. The van der Waals surface area contributed by atoms with Crippen LogP contribution in [0.15, 0.2) is 83.8 Å². The van der Waals surface area contributed by atoms with E-state index in [-0.39, 0.29) is 62.5 Å². The van der Waals surface area contributed by atoms with Crippen LogP contribution in [0.3, 0.4) is 0 Å². The highest BCUT2D eigenvalue weighted by atomic mass is 35.5. The topological polar surface area (TPSA) is 138 Å². The Balaban J connectivity index is 0.00000650. The van der Waals surface area contributed by atoms with E-state index < -0.39 is 39.4 Å². The summed E-state index contributed by atoms with van der Waals surface area (Å²) in [6.45, 7) is 9.66. The van der Waals surface area contributed by atoms with Gasteiger partial charge in [0.2, 0.25) is 22.7 Å². The Morgan fingerprint density at radius 1 is 0.898 bits per heavy atom. The predicted octanol–water partition coefficient (Wildman–Crippen LogP) is 4.54. The quantitative estimate of drug-likeness (QED) is 0.195. The van der Waals surface area contributed by atoms with Crippen molar-refractivity contribution >= 4 is 34.2 Å². The fraction of sp³-hybridized carbons (Fsp3) is 0.444. The number of halogens is 1. The molecule has 1 aliphatic heterocycles. The van der Waals surface area contributed by atoms with E-state index in [9.17, 15) is 23.1 Å². The van der Waals surface area contributed by atoms with Gasteiger partial charge in [-0.25, -0.2) is 13.4 Å². The van der Waals surface area contributed by atoms with Crippen LogP contribution in [-0.4, -0.2) is 73.2 Å². The second-order valence-electron chi connectivity index (χ2n) is 13.7. The molecule has 0 fully saturated rings. The zero-order valence-corrected chi connectivity index (χ0v) is 30.4. The highest BCUT2D eigenvalue weighted by Gasteiger charge is 2.37. The maximum atomic E-state index is 14.0. The number of hydrazine groups is 1. The first-order chi connectivity index (χ1) is 22.7. The van der Waals surface area contributed by atoms with E-state index in [1.807, 2.05) is 95.3 Å². The molecule has 0 bridgehead atoms. The lowest BCUT2D eigenvalue weighted by atomic mass is 9.91. The van der Waals surface area contributed by atoms with Crippen LogP contribution in [0.4, 0.5) is 0 Å². The molecule has 0 aliphatic carbocycles. The minimum atomic E-state index is -4.12. The molecule has 0 aromatic heterocycles. The molecule has 3 N–H and O–H groups in total. The molecule has 2 atom stereocenters. The Hall–Kier alpha value is -3.68. The molecule has 268 valence electrons. The van der Waals surface area contributed by atoms with Gasteiger partial charge in [0.25, 0.3) is 5.91 Å². The summed E-state index contributed by atoms with van der Waals surface area (Å²) in [5.74, 6) is -0.166. The largest absolute Gasteiger partial charge is 0.454 e. The number of aliphatic hydroxyl groups excluding tert-OH is 1. The number of carbonyl (C=O) groups is 2. The van der Waals surface area contributed by atoms with Crippen LogP contribution in [0.1, 0.15) is 52.2 Å². The van der Waals surface area contributed by atoms with E-state index >= 15 is 0 Å². The third kappa shape index (κ3) is 11.7. The predicted molar refractivity (Wildman–Crippen MR) is 191 cm³/mol. The Morgan fingerprint density at radius 2 is 1.51 bits per heavy atom. The van der Waals surface area contributed by atoms with Crippen molar-refractivity contribution in [2.24, 2.45) is 11.3 Å². The van der Waals surface area contributed by atoms with Gasteiger partial charge in [0.15, 0.2) is 11.5 Å². The summed E-state index contributed by atoms with van der Waals surface area (Å²) in [6.07, 6.45) is -1.14. The molecule has 0 spiro atoms. The number of aliphatic hydroxyl groups is 1. The molecule has 2 amide bonds. The molecule has 0 unspecified atom stereocenters. The van der Waals surface area contributed by atoms with Crippen LogP contribution in [-0.2, 0) is 32.6 Å². The second kappa shape index (κ2) is 17.8. The molecule has 0 saturated heterocycles. The average Bonchev–Trinajstić information content (AvgIpc) is 3.50. The zero-order valence-electron chi connectivity index (χ0n) is 28.8. The maximum absolute atomic E-state index is 14.0. The lowest BCUT2D eigenvalue weighted by Gasteiger charge is -2.38. The third-order valence-electron chi connectivity index (χ3n) is 7.66. The molecule has 11 nitrogen and oxygen atoms in total. The number of benzene rings is 3. The Kier molecular flexibility index (Phi) is 14.5. The summed E-state index contributed by atoms with van der Waals surface area (Å²) in [6, 6.07) is 22.3. The van der Waals surface area contributed by atoms with Gasteiger partial charge in [0, 0.05) is 32.1 Å². The number of hydrogen-bond donors (Lipinski definition) is 3. The standard InChI is InChI=1S/C36H48N4O7S.ClH/c1-26(2)23-39(48(44,45)29-16-17-32-33(19-29)47-25-46-32)24-31(41)30(18-27-12-8-6-9-13-27)40(35(43)20-36(3,4)5)38-34(42)22-37-21-28-14-10-7-11-15-28;/h6-17,19,26,30-31,37,41H,18,20-25H2,1-5H3,(H,38,42);1H/t30-,31+;/m0./s1. The Labute approximate surface area is 296 Å². The maximum Gasteiger partial charge on any atom is 0.252 e. The van der Waals surface area contributed by atoms with Crippen LogP contribution in [0.2, 0.25) is 0 Å². The molecule has 0 radical (unpaired) electrons. The number of sulfonamides is 1. The van der Waals surface area contributed by atoms with E-state index in [4.69, 9.17) is 9.47 Å². The van der Waals surface area contributed by atoms with Crippen LogP contribution in [0.5, 0.6) is 11.5 Å². The zero-order chi connectivity index (χ0) is 34.9. The number of rotatable bonds is 15. The molecular formula is C36H49ClN4O7S. The van der Waals surface area contributed by atoms with Crippen molar-refractivity contribution in [3.8, 4) is 11.5 Å². The fourth-order valence-corrected chi connectivity index (χ4v) is 7.05. The van der Waals surface area contributed by atoms with Gasteiger partial charge in [0.1, 0.15) is 0 Å². The van der Waals surface area contributed by atoms with Gasteiger partial charge in [-0.3, -0.25) is 15.0 Å². The number of ether oxygens (including phenoxy) is 2. The second-order valence-corrected chi connectivity index (χ2v) is 15.6. The smallest absolute Gasteiger partial charge is 0.252 e. The van der Waals surface area contributed by atoms with Crippen molar-refractivity contribution in [3.05, 3.63) is 90.0 Å². The number of carbonyl (C=O) groups excluding carboxylic acids is 2. The molecular weight excluding hydrogens is 668 g/mol. The van der Waals surface area contributed by atoms with Crippen molar-refractivity contribution in [2.45, 2.75) is 71.0 Å². The summed E-state index contributed by atoms with van der Waals surface area (Å²) in [5, 5.41) is 16.3. The lowest BCUT2D eigenvalue weighted by molar-refractivity contribution is -0.149. The highest BCUT2D eigenvalue weighted by molar-refractivity contribution is 7.89. The molecule has 3 aromatic rings. The van der Waals surface area contributed by atoms with Crippen LogP contribution >= 0.6 is 12.4 Å². The van der Waals surface area contributed by atoms with E-state index in [0.29, 0.717) is 18.0 Å². The van der Waals surface area contributed by atoms with Crippen LogP contribution in [0.25, 0.3) is 0 Å². The van der Waals surface area contributed by atoms with E-state index in [1.54, 1.807) is 6.07 Å². The van der Waals surface area contributed by atoms with Gasteiger partial charge in [-0.05, 0) is 41.0 Å². The van der Waals surface area contributed by atoms with Crippen molar-refractivity contribution in [1.29, 1.82) is 0 Å². The number of hydrogen-bond acceptors (Lipinski definition) is 8. The molecule has 4 rings (SSSR count). The summed E-state index contributed by atoms with van der Waals surface area (Å²) in [4.78, 5) is 27.3. The molecule has 1 heterocycles. The Bertz CT molecular complexity index is 1620. The number of fused-ring (bicyclic) bond motifs is 1. The number of nitrogens with one attached hydrogen (secondary N) is 2. The summed E-state index contributed by atoms with van der Waals surface area (Å²) >= 11 is 0. The SMILES string of the molecule is CC(C)CN(C[C@@H](O)[C@H](Cc1ccccc1)N(NC(=O)CNCc1ccccc1)C(=O)CC(C)(C)C)S(=O)(=O)c1ccc2c(c1)OCO2.Cl. The molecule has 49 heavy (non-hydrogen) atoms. The van der Waals surface area contributed by atoms with Gasteiger partial charge in [-0.15, -0.1) is 12.4 Å². The van der Waals surface area contributed by atoms with Crippen molar-refractivity contribution in [2.75, 3.05) is 26.4 Å². The fourth-order valence-electron chi connectivity index (χ4n) is 5.41. The normalized spacial score (nSPS) is 13.9. The van der Waals surface area contributed by atoms with Gasteiger partial charge >= 0.3 is 0 Å². The van der Waals surface area contributed by atoms with Crippen LogP contribution in [0, 0.1) is 11.3 Å². The van der Waals surface area contributed by atoms with E-state index in [1.165, 1.54) is 21.4 Å². The van der Waals surface area contributed by atoms with Gasteiger partial charge in [-0.1, -0.05) is 95.3 Å². The van der Waals surface area contributed by atoms with Gasteiger partial charge in [0.05, 0.1) is 23.6 Å². The summed E-state index contributed by atoms with van der Waals surface area (Å²) < 4.78 is 40.1. The van der Waals surface area contributed by atoms with Gasteiger partial charge in [-0.2, -0.15) is 4.31 Å². The minimum absolute atomic E-state index is 0. The van der Waals surface area contributed by atoms with Crippen molar-refractivity contribution < 1.29 is 32.6 Å². The first-order valence-electron chi connectivity index (χ1n) is 16.2. The summed E-state index contributed by atoms with van der Waals surface area (Å²) in [5.41, 5.74) is 4.14. The monoisotopic (exact) mass is 716 g/mol. The Morgan fingerprint density at radius 3 is 2.12 bits per heavy atom. The number of amides is 2. The first-order valence-corrected chi connectivity index (χ1v) is 17.6.